The van der Waals surface area contributed by atoms with Gasteiger partial charge in [0.05, 0.1) is 17.0 Å². The van der Waals surface area contributed by atoms with Gasteiger partial charge in [0.15, 0.2) is 0 Å². The molecule has 0 saturated heterocycles. The minimum atomic E-state index is 0.181. The largest absolute Gasteiger partial charge is 0.496 e. The number of rotatable bonds is 3. The number of hydrogen-bond donors (Lipinski definition) is 0. The first-order chi connectivity index (χ1) is 8.33. The predicted octanol–water partition coefficient (Wildman–Crippen LogP) is 4.54. The molecule has 2 rings (SSSR count). The van der Waals surface area contributed by atoms with Crippen LogP contribution in [0.25, 0.3) is 0 Å². The fraction of sp³-hybridized carbons (Fsp3) is 0.200. The highest BCUT2D eigenvalue weighted by molar-refractivity contribution is 9.11. The summed E-state index contributed by atoms with van der Waals surface area (Å²) < 4.78 is 6.78. The van der Waals surface area contributed by atoms with Crippen LogP contribution < -0.4 is 0 Å². The molecule has 88 valence electrons. The summed E-state index contributed by atoms with van der Waals surface area (Å²) in [5.74, 6) is 1.16. The standard InChI is InChI=1S/C15H15BrO/c1-2-17-15-13(10-6-7-11-14(15)16)12-8-4-3-5-9-12/h3-11,13H,2H2,1H3. The molecular weight excluding hydrogens is 276 g/mol. The maximum Gasteiger partial charge on any atom is 0.121 e. The zero-order valence-electron chi connectivity index (χ0n) is 9.77. The van der Waals surface area contributed by atoms with Gasteiger partial charge >= 0.3 is 0 Å². The van der Waals surface area contributed by atoms with Crippen LogP contribution >= 0.6 is 15.9 Å². The summed E-state index contributed by atoms with van der Waals surface area (Å²) in [6, 6.07) is 10.4. The molecule has 1 aliphatic rings. The molecular formula is C15H15BrO. The Morgan fingerprint density at radius 2 is 1.94 bits per heavy atom. The van der Waals surface area contributed by atoms with Crippen LogP contribution in [0.15, 0.2) is 64.9 Å². The molecule has 1 aromatic rings. The molecule has 1 unspecified atom stereocenters. The van der Waals surface area contributed by atoms with Crippen molar-refractivity contribution in [1.29, 1.82) is 0 Å². The summed E-state index contributed by atoms with van der Waals surface area (Å²) >= 11 is 3.57. The molecule has 0 bridgehead atoms. The number of hydrogen-bond acceptors (Lipinski definition) is 1. The SMILES string of the molecule is CCOC1=C(Br)C=CC=CC1c1ccccc1. The van der Waals surface area contributed by atoms with Gasteiger partial charge in [0.25, 0.3) is 0 Å². The monoisotopic (exact) mass is 290 g/mol. The highest BCUT2D eigenvalue weighted by Gasteiger charge is 2.18. The number of benzene rings is 1. The molecule has 0 radical (unpaired) electrons. The molecule has 0 heterocycles. The fourth-order valence-corrected chi connectivity index (χ4v) is 2.38. The zero-order chi connectivity index (χ0) is 12.1. The normalized spacial score (nSPS) is 19.3. The summed E-state index contributed by atoms with van der Waals surface area (Å²) in [5.41, 5.74) is 1.24. The molecule has 1 atom stereocenters. The maximum atomic E-state index is 5.77. The van der Waals surface area contributed by atoms with Crippen LogP contribution in [-0.2, 0) is 4.74 Å². The van der Waals surface area contributed by atoms with E-state index in [0.29, 0.717) is 6.61 Å². The minimum absolute atomic E-state index is 0.181. The summed E-state index contributed by atoms with van der Waals surface area (Å²) in [5, 5.41) is 0. The van der Waals surface area contributed by atoms with Gasteiger partial charge in [-0.2, -0.15) is 0 Å². The lowest BCUT2D eigenvalue weighted by Crippen LogP contribution is -2.04. The zero-order valence-corrected chi connectivity index (χ0v) is 11.4. The highest BCUT2D eigenvalue weighted by atomic mass is 79.9. The Balaban J connectivity index is 2.40. The van der Waals surface area contributed by atoms with Gasteiger partial charge in [-0.25, -0.2) is 0 Å². The third-order valence-corrected chi connectivity index (χ3v) is 3.29. The van der Waals surface area contributed by atoms with Crippen LogP contribution in [0.5, 0.6) is 0 Å². The molecule has 0 N–H and O–H groups in total. The Morgan fingerprint density at radius 3 is 2.65 bits per heavy atom. The van der Waals surface area contributed by atoms with Crippen molar-refractivity contribution in [2.45, 2.75) is 12.8 Å². The van der Waals surface area contributed by atoms with Gasteiger partial charge in [-0.05, 0) is 34.5 Å². The van der Waals surface area contributed by atoms with E-state index in [1.165, 1.54) is 5.56 Å². The average Bonchev–Trinajstić information content (AvgIpc) is 2.54. The first-order valence-electron chi connectivity index (χ1n) is 5.75. The van der Waals surface area contributed by atoms with E-state index in [2.05, 4.69) is 52.3 Å². The lowest BCUT2D eigenvalue weighted by molar-refractivity contribution is 0.215. The van der Waals surface area contributed by atoms with E-state index in [1.54, 1.807) is 0 Å². The maximum absolute atomic E-state index is 5.77. The van der Waals surface area contributed by atoms with Crippen molar-refractivity contribution >= 4 is 15.9 Å². The molecule has 0 aromatic heterocycles. The molecule has 2 heteroatoms. The van der Waals surface area contributed by atoms with E-state index in [1.807, 2.05) is 25.1 Å². The molecule has 0 aliphatic heterocycles. The molecule has 17 heavy (non-hydrogen) atoms. The van der Waals surface area contributed by atoms with Gasteiger partial charge in [0, 0.05) is 0 Å². The molecule has 1 nitrogen and oxygen atoms in total. The van der Waals surface area contributed by atoms with E-state index in [9.17, 15) is 0 Å². The number of allylic oxidation sites excluding steroid dienone is 5. The number of ether oxygens (including phenoxy) is 1. The van der Waals surface area contributed by atoms with Crippen LogP contribution in [0.1, 0.15) is 18.4 Å². The van der Waals surface area contributed by atoms with Crippen molar-refractivity contribution in [3.8, 4) is 0 Å². The second-order valence-electron chi connectivity index (χ2n) is 3.78. The lowest BCUT2D eigenvalue weighted by Gasteiger charge is -2.18. The lowest BCUT2D eigenvalue weighted by atomic mass is 9.97. The van der Waals surface area contributed by atoms with Crippen molar-refractivity contribution in [2.24, 2.45) is 0 Å². The van der Waals surface area contributed by atoms with E-state index in [-0.39, 0.29) is 5.92 Å². The van der Waals surface area contributed by atoms with Crippen molar-refractivity contribution < 1.29 is 4.74 Å². The third-order valence-electron chi connectivity index (χ3n) is 2.63. The van der Waals surface area contributed by atoms with E-state index in [0.717, 1.165) is 10.2 Å². The van der Waals surface area contributed by atoms with E-state index in [4.69, 9.17) is 4.74 Å². The Bertz CT molecular complexity index is 457. The van der Waals surface area contributed by atoms with Crippen molar-refractivity contribution in [1.82, 2.24) is 0 Å². The van der Waals surface area contributed by atoms with Crippen LogP contribution in [0.3, 0.4) is 0 Å². The summed E-state index contributed by atoms with van der Waals surface area (Å²) in [6.07, 6.45) is 8.26. The summed E-state index contributed by atoms with van der Waals surface area (Å²) in [7, 11) is 0. The molecule has 0 spiro atoms. The van der Waals surface area contributed by atoms with E-state index < -0.39 is 0 Å². The van der Waals surface area contributed by atoms with E-state index >= 15 is 0 Å². The van der Waals surface area contributed by atoms with Gasteiger partial charge in [0.2, 0.25) is 0 Å². The third kappa shape index (κ3) is 2.89. The van der Waals surface area contributed by atoms with Crippen LogP contribution in [0, 0.1) is 0 Å². The van der Waals surface area contributed by atoms with Gasteiger partial charge in [-0.15, -0.1) is 0 Å². The summed E-state index contributed by atoms with van der Waals surface area (Å²) in [6.45, 7) is 2.68. The van der Waals surface area contributed by atoms with Gasteiger partial charge in [-0.1, -0.05) is 48.6 Å². The second kappa shape index (κ2) is 5.87. The second-order valence-corrected chi connectivity index (χ2v) is 4.63. The molecule has 0 fully saturated rings. The van der Waals surface area contributed by atoms with Crippen molar-refractivity contribution in [3.63, 3.8) is 0 Å². The van der Waals surface area contributed by atoms with Crippen molar-refractivity contribution in [2.75, 3.05) is 6.61 Å². The number of halogens is 1. The van der Waals surface area contributed by atoms with Crippen molar-refractivity contribution in [3.05, 3.63) is 70.4 Å². The molecule has 0 saturated carbocycles. The first-order valence-corrected chi connectivity index (χ1v) is 6.54. The Hall–Kier alpha value is -1.28. The smallest absolute Gasteiger partial charge is 0.121 e. The van der Waals surface area contributed by atoms with Gasteiger partial charge in [-0.3, -0.25) is 0 Å². The highest BCUT2D eigenvalue weighted by Crippen LogP contribution is 2.33. The topological polar surface area (TPSA) is 9.23 Å². The first kappa shape index (κ1) is 12.2. The van der Waals surface area contributed by atoms with Crippen LogP contribution in [-0.4, -0.2) is 6.61 Å². The average molecular weight is 291 g/mol. The fourth-order valence-electron chi connectivity index (χ4n) is 1.87. The van der Waals surface area contributed by atoms with Gasteiger partial charge < -0.3 is 4.74 Å². The Kier molecular flexibility index (Phi) is 4.21. The molecule has 1 aliphatic carbocycles. The quantitative estimate of drug-likeness (QED) is 0.794. The molecule has 0 amide bonds. The van der Waals surface area contributed by atoms with Crippen LogP contribution in [0.2, 0.25) is 0 Å². The Labute approximate surface area is 111 Å². The summed E-state index contributed by atoms with van der Waals surface area (Å²) in [4.78, 5) is 0. The Morgan fingerprint density at radius 1 is 1.18 bits per heavy atom. The van der Waals surface area contributed by atoms with Gasteiger partial charge in [0.1, 0.15) is 5.76 Å². The molecule has 1 aromatic carbocycles. The minimum Gasteiger partial charge on any atom is -0.496 e. The predicted molar refractivity (Wildman–Crippen MR) is 75.0 cm³/mol. The van der Waals surface area contributed by atoms with Crippen LogP contribution in [0.4, 0.5) is 0 Å².